The average molecular weight is 747 g/mol. The molecule has 2 aliphatic rings. The van der Waals surface area contributed by atoms with Crippen LogP contribution in [0.25, 0.3) is 0 Å². The molecule has 298 valence electrons. The molecule has 0 spiro atoms. The van der Waals surface area contributed by atoms with Crippen molar-refractivity contribution in [3.63, 3.8) is 0 Å². The van der Waals surface area contributed by atoms with Gasteiger partial charge < -0.3 is 24.4 Å². The van der Waals surface area contributed by atoms with Gasteiger partial charge in [0.05, 0.1) is 31.5 Å². The minimum Gasteiger partial charge on any atom is -0.462 e. The van der Waals surface area contributed by atoms with Crippen LogP contribution in [0.2, 0.25) is 0 Å². The van der Waals surface area contributed by atoms with Crippen LogP contribution in [0.4, 0.5) is 0 Å². The van der Waals surface area contributed by atoms with E-state index in [0.29, 0.717) is 24.7 Å². The summed E-state index contributed by atoms with van der Waals surface area (Å²) in [4.78, 5) is 35.0. The SMILES string of the molecule is C=C(CO)C(=O)OCCCC(OCCOC(=O)C(=O)CO)c1ccc(C2CCC(C3CCC(c4ccc(CCCCC)cc4CC)CC3)CC2)c(CC)c1. The highest BCUT2D eigenvalue weighted by Gasteiger charge is 2.33. The van der Waals surface area contributed by atoms with Crippen molar-refractivity contribution in [1.82, 2.24) is 0 Å². The first-order valence-corrected chi connectivity index (χ1v) is 20.8. The summed E-state index contributed by atoms with van der Waals surface area (Å²) >= 11 is 0. The quantitative estimate of drug-likeness (QED) is 0.0531. The summed E-state index contributed by atoms with van der Waals surface area (Å²) < 4.78 is 16.3. The van der Waals surface area contributed by atoms with Crippen molar-refractivity contribution in [1.29, 1.82) is 0 Å². The topological polar surface area (TPSA) is 119 Å². The fraction of sp³-hybridized carbons (Fsp3) is 0.630. The maximum Gasteiger partial charge on any atom is 0.377 e. The highest BCUT2D eigenvalue weighted by Crippen LogP contribution is 2.47. The van der Waals surface area contributed by atoms with Crippen LogP contribution in [0.5, 0.6) is 0 Å². The van der Waals surface area contributed by atoms with Crippen LogP contribution in [0.1, 0.15) is 156 Å². The van der Waals surface area contributed by atoms with Crippen LogP contribution in [0.3, 0.4) is 0 Å². The molecule has 4 rings (SSSR count). The van der Waals surface area contributed by atoms with Crippen molar-refractivity contribution in [2.75, 3.05) is 33.0 Å². The molecule has 2 N–H and O–H groups in total. The maximum absolute atomic E-state index is 11.9. The van der Waals surface area contributed by atoms with Crippen LogP contribution < -0.4 is 0 Å². The predicted molar refractivity (Wildman–Crippen MR) is 212 cm³/mol. The van der Waals surface area contributed by atoms with Gasteiger partial charge in [0.25, 0.3) is 5.78 Å². The summed E-state index contributed by atoms with van der Waals surface area (Å²) in [5.74, 6) is 0.212. The second-order valence-electron chi connectivity index (χ2n) is 15.5. The van der Waals surface area contributed by atoms with E-state index in [1.165, 1.54) is 93.7 Å². The molecule has 8 heteroatoms. The van der Waals surface area contributed by atoms with Gasteiger partial charge in [0, 0.05) is 0 Å². The van der Waals surface area contributed by atoms with E-state index in [2.05, 4.69) is 63.7 Å². The van der Waals surface area contributed by atoms with Gasteiger partial charge >= 0.3 is 11.9 Å². The first-order valence-electron chi connectivity index (χ1n) is 20.8. The molecule has 2 fully saturated rings. The first kappa shape index (κ1) is 43.4. The van der Waals surface area contributed by atoms with E-state index in [1.54, 1.807) is 11.1 Å². The molecule has 2 aromatic carbocycles. The Morgan fingerprint density at radius 3 is 1.87 bits per heavy atom. The van der Waals surface area contributed by atoms with E-state index in [4.69, 9.17) is 24.4 Å². The lowest BCUT2D eigenvalue weighted by atomic mass is 9.67. The van der Waals surface area contributed by atoms with Crippen molar-refractivity contribution in [2.24, 2.45) is 11.8 Å². The van der Waals surface area contributed by atoms with Gasteiger partial charge in [0.2, 0.25) is 0 Å². The molecular weight excluding hydrogens is 680 g/mol. The number of unbranched alkanes of at least 4 members (excludes halogenated alkanes) is 2. The highest BCUT2D eigenvalue weighted by molar-refractivity contribution is 6.34. The molecule has 0 radical (unpaired) electrons. The molecule has 0 heterocycles. The number of ketones is 1. The van der Waals surface area contributed by atoms with Crippen LogP contribution >= 0.6 is 0 Å². The largest absolute Gasteiger partial charge is 0.462 e. The van der Waals surface area contributed by atoms with Gasteiger partial charge in [-0.15, -0.1) is 0 Å². The van der Waals surface area contributed by atoms with Gasteiger partial charge in [-0.25, -0.2) is 9.59 Å². The Balaban J connectivity index is 1.32. The molecule has 2 aromatic rings. The predicted octanol–water partition coefficient (Wildman–Crippen LogP) is 8.83. The van der Waals surface area contributed by atoms with E-state index in [-0.39, 0.29) is 31.5 Å². The third-order valence-electron chi connectivity index (χ3n) is 12.0. The summed E-state index contributed by atoms with van der Waals surface area (Å²) in [6, 6.07) is 14.0. The Hall–Kier alpha value is -3.33. The zero-order valence-electron chi connectivity index (χ0n) is 33.3. The number of ether oxygens (including phenoxy) is 3. The van der Waals surface area contributed by atoms with Crippen molar-refractivity contribution < 1.29 is 38.8 Å². The number of rotatable bonds is 22. The van der Waals surface area contributed by atoms with Gasteiger partial charge in [-0.3, -0.25) is 4.79 Å². The number of hydrogen-bond acceptors (Lipinski definition) is 8. The molecule has 1 atom stereocenters. The molecule has 0 amide bonds. The number of aryl methyl sites for hydroxylation is 3. The average Bonchev–Trinajstić information content (AvgIpc) is 3.22. The lowest BCUT2D eigenvalue weighted by molar-refractivity contribution is -0.156. The maximum atomic E-state index is 11.9. The standard InChI is InChI=1S/C46H66O8/c1-5-8-9-11-33-13-23-41(34(6-2)28-33)38-18-14-36(15-19-38)37-16-20-39(21-17-37)42-24-22-40(29-35(42)7-3)44(12-10-25-53-45(50)32(4)30-47)52-26-27-54-46(51)43(49)31-48/h13,22-24,28-29,36-39,44,47-48H,4-12,14-21,25-27,30-31H2,1-3H3. The molecule has 0 aliphatic heterocycles. The minimum absolute atomic E-state index is 0.00605. The minimum atomic E-state index is -1.09. The highest BCUT2D eigenvalue weighted by atomic mass is 16.6. The fourth-order valence-corrected chi connectivity index (χ4v) is 8.85. The van der Waals surface area contributed by atoms with Crippen LogP contribution in [-0.2, 0) is 47.9 Å². The van der Waals surface area contributed by atoms with Crippen molar-refractivity contribution >= 4 is 17.7 Å². The van der Waals surface area contributed by atoms with Gasteiger partial charge in [-0.05, 0) is 147 Å². The van der Waals surface area contributed by atoms with Gasteiger partial charge in [-0.1, -0.05) is 76.6 Å². The Kier molecular flexibility index (Phi) is 18.4. The number of aliphatic hydroxyl groups is 2. The second kappa shape index (κ2) is 22.9. The Labute approximate surface area is 324 Å². The normalized spacial score (nSPS) is 20.6. The Morgan fingerprint density at radius 2 is 1.30 bits per heavy atom. The molecule has 2 saturated carbocycles. The van der Waals surface area contributed by atoms with E-state index in [9.17, 15) is 14.4 Å². The van der Waals surface area contributed by atoms with Crippen LogP contribution in [0.15, 0.2) is 48.6 Å². The number of carbonyl (C=O) groups is 3. The first-order chi connectivity index (χ1) is 26.2. The monoisotopic (exact) mass is 746 g/mol. The van der Waals surface area contributed by atoms with E-state index in [1.807, 2.05) is 0 Å². The number of aliphatic hydroxyl groups excluding tert-OH is 2. The zero-order valence-corrected chi connectivity index (χ0v) is 33.3. The van der Waals surface area contributed by atoms with Crippen molar-refractivity contribution in [3.8, 4) is 0 Å². The summed E-state index contributed by atoms with van der Waals surface area (Å²) in [5.41, 5.74) is 8.47. The number of carbonyl (C=O) groups excluding carboxylic acids is 3. The molecule has 8 nitrogen and oxygen atoms in total. The lowest BCUT2D eigenvalue weighted by Crippen LogP contribution is -2.25. The van der Waals surface area contributed by atoms with Gasteiger partial charge in [0.15, 0.2) is 0 Å². The van der Waals surface area contributed by atoms with Gasteiger partial charge in [0.1, 0.15) is 13.2 Å². The van der Waals surface area contributed by atoms with Crippen molar-refractivity contribution in [3.05, 3.63) is 81.9 Å². The summed E-state index contributed by atoms with van der Waals surface area (Å²) in [6.07, 6.45) is 18.2. The Morgan fingerprint density at radius 1 is 0.704 bits per heavy atom. The summed E-state index contributed by atoms with van der Waals surface area (Å²) in [5, 5.41) is 18.0. The van der Waals surface area contributed by atoms with E-state index >= 15 is 0 Å². The molecule has 0 bridgehead atoms. The summed E-state index contributed by atoms with van der Waals surface area (Å²) in [6.45, 7) is 9.03. The van der Waals surface area contributed by atoms with E-state index in [0.717, 1.165) is 30.2 Å². The van der Waals surface area contributed by atoms with Crippen LogP contribution in [-0.4, -0.2) is 61.0 Å². The zero-order chi connectivity index (χ0) is 38.9. The number of benzene rings is 2. The molecule has 2 aliphatic carbocycles. The molecule has 0 saturated heterocycles. The number of Topliss-reactive ketones (excluding diaryl/α,β-unsaturated/α-hetero) is 1. The van der Waals surface area contributed by atoms with Crippen molar-refractivity contribution in [2.45, 2.75) is 141 Å². The van der Waals surface area contributed by atoms with Gasteiger partial charge in [-0.2, -0.15) is 0 Å². The lowest BCUT2D eigenvalue weighted by Gasteiger charge is -2.39. The molecular formula is C46H66O8. The number of hydrogen-bond donors (Lipinski definition) is 2. The Bertz CT molecular complexity index is 1460. The van der Waals surface area contributed by atoms with Crippen LogP contribution in [0, 0.1) is 11.8 Å². The fourth-order valence-electron chi connectivity index (χ4n) is 8.85. The third-order valence-corrected chi connectivity index (χ3v) is 12.0. The molecule has 54 heavy (non-hydrogen) atoms. The second-order valence-corrected chi connectivity index (χ2v) is 15.5. The molecule has 0 aromatic heterocycles. The van der Waals surface area contributed by atoms with E-state index < -0.39 is 30.9 Å². The molecule has 1 unspecified atom stereocenters. The number of esters is 2. The smallest absolute Gasteiger partial charge is 0.377 e. The summed E-state index contributed by atoms with van der Waals surface area (Å²) in [7, 11) is 0. The third kappa shape index (κ3) is 12.6.